The molecule has 0 spiro atoms. The molecule has 0 aliphatic rings. The number of nitrogens with zero attached hydrogens (tertiary/aromatic N) is 3. The molecule has 0 aliphatic heterocycles. The van der Waals surface area contributed by atoms with Gasteiger partial charge in [-0.2, -0.15) is 0 Å². The topological polar surface area (TPSA) is 74.0 Å². The van der Waals surface area contributed by atoms with Gasteiger partial charge in [-0.05, 0) is 48.9 Å². The number of aromatic nitrogens is 3. The van der Waals surface area contributed by atoms with Gasteiger partial charge in [-0.25, -0.2) is 12.4 Å². The number of rotatable bonds is 3. The lowest BCUT2D eigenvalue weighted by Gasteiger charge is -2.11. The lowest BCUT2D eigenvalue weighted by atomic mass is 10.0. The highest BCUT2D eigenvalue weighted by Crippen LogP contribution is 2.31. The van der Waals surface area contributed by atoms with Crippen molar-refractivity contribution in [3.8, 4) is 11.1 Å². The maximum atomic E-state index is 13.3. The number of benzene rings is 2. The van der Waals surface area contributed by atoms with Crippen molar-refractivity contribution in [3.63, 3.8) is 0 Å². The third kappa shape index (κ3) is 3.05. The van der Waals surface area contributed by atoms with Crippen LogP contribution in [0, 0.1) is 6.92 Å². The van der Waals surface area contributed by atoms with Crippen LogP contribution in [0.15, 0.2) is 88.9 Å². The standard InChI is InChI=1S/C24H19N3O3S/c1-16-5-8-19(9-6-16)31(29,30)27-13-11-20-21(15-26(2)24(28)23(20)27)17-7-10-22-18(14-17)4-3-12-25-22/h3-15H,1-2H3. The van der Waals surface area contributed by atoms with Gasteiger partial charge in [0.2, 0.25) is 0 Å². The van der Waals surface area contributed by atoms with E-state index in [0.29, 0.717) is 5.39 Å². The van der Waals surface area contributed by atoms with Crippen LogP contribution < -0.4 is 5.56 Å². The minimum absolute atomic E-state index is 0.131. The number of hydrogen-bond donors (Lipinski definition) is 0. The minimum atomic E-state index is -3.92. The Labute approximate surface area is 179 Å². The van der Waals surface area contributed by atoms with Crippen molar-refractivity contribution >= 4 is 31.8 Å². The van der Waals surface area contributed by atoms with Gasteiger partial charge in [0.05, 0.1) is 10.4 Å². The van der Waals surface area contributed by atoms with Gasteiger partial charge in [-0.15, -0.1) is 0 Å². The smallest absolute Gasteiger partial charge is 0.275 e. The lowest BCUT2D eigenvalue weighted by Crippen LogP contribution is -2.22. The summed E-state index contributed by atoms with van der Waals surface area (Å²) >= 11 is 0. The Balaban J connectivity index is 1.78. The van der Waals surface area contributed by atoms with Crippen LogP contribution in [0.5, 0.6) is 0 Å². The van der Waals surface area contributed by atoms with Crippen molar-refractivity contribution in [2.45, 2.75) is 11.8 Å². The van der Waals surface area contributed by atoms with Gasteiger partial charge in [-0.1, -0.05) is 29.8 Å². The molecule has 6 nitrogen and oxygen atoms in total. The number of fused-ring (bicyclic) bond motifs is 2. The summed E-state index contributed by atoms with van der Waals surface area (Å²) in [6.45, 7) is 1.89. The van der Waals surface area contributed by atoms with Crippen LogP contribution in [0.3, 0.4) is 0 Å². The SMILES string of the molecule is Cc1ccc(S(=O)(=O)n2ccc3c(-c4ccc5ncccc5c4)cn(C)c(=O)c32)cc1. The van der Waals surface area contributed by atoms with Crippen LogP contribution in [0.4, 0.5) is 0 Å². The summed E-state index contributed by atoms with van der Waals surface area (Å²) in [5, 5.41) is 1.55. The second-order valence-corrected chi connectivity index (χ2v) is 9.38. The van der Waals surface area contributed by atoms with Crippen LogP contribution in [-0.2, 0) is 17.1 Å². The second-order valence-electron chi connectivity index (χ2n) is 7.56. The molecule has 2 aromatic carbocycles. The highest BCUT2D eigenvalue weighted by Gasteiger charge is 2.23. The van der Waals surface area contributed by atoms with Crippen molar-refractivity contribution in [2.24, 2.45) is 7.05 Å². The monoisotopic (exact) mass is 429 g/mol. The largest absolute Gasteiger partial charge is 0.316 e. The van der Waals surface area contributed by atoms with Crippen LogP contribution in [0.1, 0.15) is 5.56 Å². The van der Waals surface area contributed by atoms with E-state index in [9.17, 15) is 13.2 Å². The van der Waals surface area contributed by atoms with Crippen molar-refractivity contribution in [1.29, 1.82) is 0 Å². The molecule has 0 N–H and O–H groups in total. The quantitative estimate of drug-likeness (QED) is 0.433. The zero-order valence-electron chi connectivity index (χ0n) is 17.0. The normalized spacial score (nSPS) is 11.9. The van der Waals surface area contributed by atoms with Crippen molar-refractivity contribution in [1.82, 2.24) is 13.5 Å². The Morgan fingerprint density at radius 2 is 1.74 bits per heavy atom. The maximum absolute atomic E-state index is 13.3. The van der Waals surface area contributed by atoms with Gasteiger partial charge >= 0.3 is 0 Å². The minimum Gasteiger partial charge on any atom is -0.316 e. The average Bonchev–Trinajstić information content (AvgIpc) is 3.22. The van der Waals surface area contributed by atoms with Crippen LogP contribution in [0.2, 0.25) is 0 Å². The van der Waals surface area contributed by atoms with Gasteiger partial charge in [0, 0.05) is 42.0 Å². The molecule has 3 heterocycles. The summed E-state index contributed by atoms with van der Waals surface area (Å²) in [6, 6.07) is 18.0. The first-order valence-electron chi connectivity index (χ1n) is 9.74. The molecule has 5 rings (SSSR count). The fourth-order valence-corrected chi connectivity index (χ4v) is 5.17. The highest BCUT2D eigenvalue weighted by atomic mass is 32.2. The van der Waals surface area contributed by atoms with E-state index in [1.165, 1.54) is 10.8 Å². The number of hydrogen-bond acceptors (Lipinski definition) is 4. The molecular weight excluding hydrogens is 410 g/mol. The molecule has 7 heteroatoms. The molecule has 0 saturated heterocycles. The Bertz CT molecular complexity index is 1630. The molecule has 0 fully saturated rings. The summed E-state index contributed by atoms with van der Waals surface area (Å²) in [5.74, 6) is 0. The van der Waals surface area contributed by atoms with Gasteiger partial charge in [0.25, 0.3) is 15.6 Å². The first kappa shape index (κ1) is 19.3. The summed E-state index contributed by atoms with van der Waals surface area (Å²) < 4.78 is 29.1. The van der Waals surface area contributed by atoms with Crippen molar-refractivity contribution in [3.05, 3.63) is 95.2 Å². The van der Waals surface area contributed by atoms with Crippen LogP contribution >= 0.6 is 0 Å². The molecule has 0 amide bonds. The molecule has 31 heavy (non-hydrogen) atoms. The van der Waals surface area contributed by atoms with E-state index in [1.807, 2.05) is 37.3 Å². The van der Waals surface area contributed by atoms with Gasteiger partial charge < -0.3 is 4.57 Å². The third-order valence-electron chi connectivity index (χ3n) is 5.48. The fraction of sp³-hybridized carbons (Fsp3) is 0.0833. The van der Waals surface area contributed by atoms with Crippen LogP contribution in [-0.4, -0.2) is 21.9 Å². The molecule has 0 saturated carbocycles. The van der Waals surface area contributed by atoms with E-state index in [2.05, 4.69) is 4.98 Å². The third-order valence-corrected chi connectivity index (χ3v) is 7.17. The van der Waals surface area contributed by atoms with E-state index < -0.39 is 10.0 Å². The molecule has 0 bridgehead atoms. The van der Waals surface area contributed by atoms with Gasteiger partial charge in [0.15, 0.2) is 0 Å². The van der Waals surface area contributed by atoms with E-state index in [4.69, 9.17) is 0 Å². The van der Waals surface area contributed by atoms with E-state index in [-0.39, 0.29) is 16.0 Å². The summed E-state index contributed by atoms with van der Waals surface area (Å²) in [6.07, 6.45) is 4.93. The second kappa shape index (κ2) is 6.92. The lowest BCUT2D eigenvalue weighted by molar-refractivity contribution is 0.589. The summed E-state index contributed by atoms with van der Waals surface area (Å²) in [4.78, 5) is 17.5. The van der Waals surface area contributed by atoms with Crippen molar-refractivity contribution in [2.75, 3.05) is 0 Å². The van der Waals surface area contributed by atoms with E-state index >= 15 is 0 Å². The Morgan fingerprint density at radius 3 is 2.52 bits per heavy atom. The predicted molar refractivity (Wildman–Crippen MR) is 122 cm³/mol. The molecule has 154 valence electrons. The summed E-state index contributed by atoms with van der Waals surface area (Å²) in [5.41, 5.74) is 3.24. The molecule has 0 aliphatic carbocycles. The zero-order chi connectivity index (χ0) is 21.8. The fourth-order valence-electron chi connectivity index (χ4n) is 3.83. The zero-order valence-corrected chi connectivity index (χ0v) is 17.8. The van der Waals surface area contributed by atoms with E-state index in [1.54, 1.807) is 49.8 Å². The molecule has 3 aromatic heterocycles. The average molecular weight is 430 g/mol. The Morgan fingerprint density at radius 1 is 0.968 bits per heavy atom. The van der Waals surface area contributed by atoms with Crippen molar-refractivity contribution < 1.29 is 8.42 Å². The molecule has 0 radical (unpaired) electrons. The number of aryl methyl sites for hydroxylation is 2. The molecule has 5 aromatic rings. The first-order valence-corrected chi connectivity index (χ1v) is 11.2. The highest BCUT2D eigenvalue weighted by molar-refractivity contribution is 7.90. The molecular formula is C24H19N3O3S. The molecule has 0 atom stereocenters. The Hall–Kier alpha value is -3.71. The van der Waals surface area contributed by atoms with Gasteiger partial charge in [-0.3, -0.25) is 9.78 Å². The van der Waals surface area contributed by atoms with Gasteiger partial charge in [0.1, 0.15) is 5.52 Å². The first-order chi connectivity index (χ1) is 14.9. The molecule has 0 unspecified atom stereocenters. The predicted octanol–water partition coefficient (Wildman–Crippen LogP) is 4.10. The summed E-state index contributed by atoms with van der Waals surface area (Å²) in [7, 11) is -2.29. The number of pyridine rings is 2. The van der Waals surface area contributed by atoms with E-state index in [0.717, 1.165) is 31.6 Å². The van der Waals surface area contributed by atoms with Crippen LogP contribution in [0.25, 0.3) is 32.9 Å². The maximum Gasteiger partial charge on any atom is 0.275 e. The Kier molecular flexibility index (Phi) is 4.30.